The Labute approximate surface area is 222 Å². The number of Topliss-reactive ketones (excluding diaryl/α,β-unsaturated/α-hetero) is 1. The Kier molecular flexibility index (Phi) is 7.60. The van der Waals surface area contributed by atoms with Crippen LogP contribution < -0.4 is 14.4 Å². The summed E-state index contributed by atoms with van der Waals surface area (Å²) in [5.74, 6) is -0.984. The molecule has 7 heteroatoms. The lowest BCUT2D eigenvalue weighted by atomic mass is 9.93. The van der Waals surface area contributed by atoms with Crippen molar-refractivity contribution < 1.29 is 24.2 Å². The van der Waals surface area contributed by atoms with E-state index in [1.54, 1.807) is 36.4 Å². The first-order valence-electron chi connectivity index (χ1n) is 12.2. The number of hydrogen-bond acceptors (Lipinski definition) is 5. The number of nitrogens with zero attached hydrogens (tertiary/aromatic N) is 1. The number of ether oxygens (including phenoxy) is 2. The largest absolute Gasteiger partial charge is 0.507 e. The minimum atomic E-state index is -0.855. The second kappa shape index (κ2) is 10.7. The van der Waals surface area contributed by atoms with Crippen LogP contribution in [0.3, 0.4) is 0 Å². The first kappa shape index (κ1) is 26.3. The molecular formula is C30H30ClNO5. The molecule has 192 valence electrons. The van der Waals surface area contributed by atoms with Gasteiger partial charge < -0.3 is 14.6 Å². The van der Waals surface area contributed by atoms with Crippen molar-refractivity contribution in [3.8, 4) is 11.5 Å². The van der Waals surface area contributed by atoms with Gasteiger partial charge in [0.2, 0.25) is 0 Å². The summed E-state index contributed by atoms with van der Waals surface area (Å²) in [5.41, 5.74) is 3.31. The molecule has 1 heterocycles. The first-order chi connectivity index (χ1) is 17.7. The Hall–Kier alpha value is -3.77. The normalized spacial score (nSPS) is 16.9. The van der Waals surface area contributed by atoms with E-state index < -0.39 is 17.7 Å². The fraction of sp³-hybridized carbons (Fsp3) is 0.267. The lowest BCUT2D eigenvalue weighted by Gasteiger charge is -2.26. The maximum absolute atomic E-state index is 13.5. The number of ketones is 1. The van der Waals surface area contributed by atoms with Gasteiger partial charge in [0.15, 0.2) is 0 Å². The summed E-state index contributed by atoms with van der Waals surface area (Å²) in [4.78, 5) is 28.4. The molecule has 1 saturated heterocycles. The summed E-state index contributed by atoms with van der Waals surface area (Å²) in [6.07, 6.45) is 0.838. The minimum absolute atomic E-state index is 0.00621. The number of aliphatic hydroxyl groups excluding tert-OH is 1. The lowest BCUT2D eigenvalue weighted by molar-refractivity contribution is -0.132. The zero-order valence-corrected chi connectivity index (χ0v) is 22.3. The maximum atomic E-state index is 13.5. The third-order valence-electron chi connectivity index (χ3n) is 6.28. The van der Waals surface area contributed by atoms with E-state index in [1.807, 2.05) is 45.0 Å². The zero-order valence-electron chi connectivity index (χ0n) is 21.5. The van der Waals surface area contributed by atoms with E-state index in [4.69, 9.17) is 21.1 Å². The van der Waals surface area contributed by atoms with Gasteiger partial charge in [0.05, 0.1) is 35.4 Å². The van der Waals surface area contributed by atoms with Crippen molar-refractivity contribution >= 4 is 34.7 Å². The summed E-state index contributed by atoms with van der Waals surface area (Å²) in [6, 6.07) is 17.2. The van der Waals surface area contributed by atoms with Gasteiger partial charge in [-0.3, -0.25) is 14.5 Å². The maximum Gasteiger partial charge on any atom is 0.300 e. The van der Waals surface area contributed by atoms with Crippen LogP contribution in [0.4, 0.5) is 5.69 Å². The minimum Gasteiger partial charge on any atom is -0.507 e. The number of rotatable bonds is 7. The van der Waals surface area contributed by atoms with Crippen molar-refractivity contribution in [3.63, 3.8) is 0 Å². The predicted molar refractivity (Wildman–Crippen MR) is 146 cm³/mol. The molecule has 1 fully saturated rings. The van der Waals surface area contributed by atoms with Gasteiger partial charge >= 0.3 is 0 Å². The van der Waals surface area contributed by atoms with E-state index in [9.17, 15) is 14.7 Å². The topological polar surface area (TPSA) is 76.1 Å². The van der Waals surface area contributed by atoms with E-state index in [2.05, 4.69) is 6.92 Å². The van der Waals surface area contributed by atoms with E-state index in [1.165, 1.54) is 12.0 Å². The van der Waals surface area contributed by atoms with Crippen LogP contribution in [0.2, 0.25) is 5.02 Å². The third kappa shape index (κ3) is 5.07. The Balaban J connectivity index is 1.93. The molecule has 4 rings (SSSR count). The lowest BCUT2D eigenvalue weighted by Crippen LogP contribution is -2.29. The number of amides is 1. The van der Waals surface area contributed by atoms with Gasteiger partial charge in [-0.1, -0.05) is 42.8 Å². The van der Waals surface area contributed by atoms with Crippen LogP contribution in [0.15, 0.2) is 66.2 Å². The molecule has 0 radical (unpaired) electrons. The Morgan fingerprint density at radius 2 is 1.70 bits per heavy atom. The average molecular weight is 520 g/mol. The van der Waals surface area contributed by atoms with Crippen molar-refractivity contribution in [2.24, 2.45) is 0 Å². The summed E-state index contributed by atoms with van der Waals surface area (Å²) < 4.78 is 11.2. The van der Waals surface area contributed by atoms with Crippen molar-refractivity contribution in [2.75, 3.05) is 12.0 Å². The van der Waals surface area contributed by atoms with Gasteiger partial charge in [0, 0.05) is 5.69 Å². The Bertz CT molecular complexity index is 1360. The molecule has 3 aromatic carbocycles. The number of halogens is 1. The summed E-state index contributed by atoms with van der Waals surface area (Å²) >= 11 is 6.38. The fourth-order valence-corrected chi connectivity index (χ4v) is 4.92. The molecule has 0 spiro atoms. The van der Waals surface area contributed by atoms with Gasteiger partial charge in [-0.25, -0.2) is 0 Å². The SMILES string of the molecule is CCc1ccc(C2/C(=C(\O)c3cc(C)cc(Cl)c3OC)C(=O)C(=O)N2c2ccc(OC(C)C)cc2)cc1. The van der Waals surface area contributed by atoms with Crippen molar-refractivity contribution in [3.05, 3.63) is 93.5 Å². The number of carbonyl (C=O) groups excluding carboxylic acids is 2. The molecule has 1 N–H and O–H groups in total. The van der Waals surface area contributed by atoms with Crippen LogP contribution in [-0.2, 0) is 16.0 Å². The highest BCUT2D eigenvalue weighted by Crippen LogP contribution is 2.44. The molecule has 0 bridgehead atoms. The third-order valence-corrected chi connectivity index (χ3v) is 6.56. The van der Waals surface area contributed by atoms with E-state index >= 15 is 0 Å². The molecular weight excluding hydrogens is 490 g/mol. The molecule has 0 saturated carbocycles. The summed E-state index contributed by atoms with van der Waals surface area (Å²) in [7, 11) is 1.44. The highest BCUT2D eigenvalue weighted by molar-refractivity contribution is 6.51. The predicted octanol–water partition coefficient (Wildman–Crippen LogP) is 6.63. The van der Waals surface area contributed by atoms with Crippen LogP contribution in [0, 0.1) is 6.92 Å². The van der Waals surface area contributed by atoms with Crippen molar-refractivity contribution in [1.82, 2.24) is 0 Å². The van der Waals surface area contributed by atoms with Crippen LogP contribution in [0.25, 0.3) is 5.76 Å². The average Bonchev–Trinajstić information content (AvgIpc) is 3.13. The van der Waals surface area contributed by atoms with Crippen LogP contribution in [0.1, 0.15) is 49.1 Å². The molecule has 0 aliphatic carbocycles. The van der Waals surface area contributed by atoms with Gasteiger partial charge in [-0.15, -0.1) is 0 Å². The van der Waals surface area contributed by atoms with Gasteiger partial charge in [0.1, 0.15) is 17.3 Å². The Morgan fingerprint density at radius 1 is 1.05 bits per heavy atom. The number of methoxy groups -OCH3 is 1. The van der Waals surface area contributed by atoms with E-state index in [-0.39, 0.29) is 28.7 Å². The molecule has 6 nitrogen and oxygen atoms in total. The van der Waals surface area contributed by atoms with Crippen LogP contribution in [0.5, 0.6) is 11.5 Å². The smallest absolute Gasteiger partial charge is 0.300 e. The highest BCUT2D eigenvalue weighted by atomic mass is 35.5. The molecule has 3 aromatic rings. The van der Waals surface area contributed by atoms with E-state index in [0.29, 0.717) is 22.0 Å². The highest BCUT2D eigenvalue weighted by Gasteiger charge is 2.47. The number of hydrogen-bond donors (Lipinski definition) is 1. The molecule has 1 aliphatic rings. The summed E-state index contributed by atoms with van der Waals surface area (Å²) in [6.45, 7) is 7.73. The number of benzene rings is 3. The molecule has 37 heavy (non-hydrogen) atoms. The zero-order chi connectivity index (χ0) is 26.9. The van der Waals surface area contributed by atoms with E-state index in [0.717, 1.165) is 17.5 Å². The quantitative estimate of drug-likeness (QED) is 0.215. The Morgan fingerprint density at radius 3 is 2.27 bits per heavy atom. The molecule has 1 aliphatic heterocycles. The molecule has 0 aromatic heterocycles. The number of aryl methyl sites for hydroxylation is 2. The van der Waals surface area contributed by atoms with Crippen LogP contribution >= 0.6 is 11.6 Å². The molecule has 1 unspecified atom stereocenters. The number of carbonyl (C=O) groups is 2. The standard InChI is InChI=1S/C30H30ClNO5/c1-6-19-7-9-20(10-8-19)26-25(27(33)23-15-18(4)16-24(31)29(23)36-5)28(34)30(35)32(26)21-11-13-22(14-12-21)37-17(2)3/h7-17,26,33H,6H2,1-5H3/b27-25+. The van der Waals surface area contributed by atoms with Crippen LogP contribution in [-0.4, -0.2) is 30.0 Å². The monoisotopic (exact) mass is 519 g/mol. The second-order valence-corrected chi connectivity index (χ2v) is 9.66. The number of aliphatic hydroxyl groups is 1. The fourth-order valence-electron chi connectivity index (χ4n) is 4.56. The van der Waals surface area contributed by atoms with Gasteiger partial charge in [-0.2, -0.15) is 0 Å². The molecule has 1 atom stereocenters. The van der Waals surface area contributed by atoms with Crippen molar-refractivity contribution in [2.45, 2.75) is 46.3 Å². The van der Waals surface area contributed by atoms with Gasteiger partial charge in [-0.05, 0) is 80.3 Å². The molecule has 1 amide bonds. The first-order valence-corrected chi connectivity index (χ1v) is 12.5. The number of anilines is 1. The van der Waals surface area contributed by atoms with Crippen molar-refractivity contribution in [1.29, 1.82) is 0 Å². The second-order valence-electron chi connectivity index (χ2n) is 9.25. The summed E-state index contributed by atoms with van der Waals surface area (Å²) in [5, 5.41) is 11.8. The van der Waals surface area contributed by atoms with Gasteiger partial charge in [0.25, 0.3) is 11.7 Å².